The maximum atomic E-state index is 13.9. The zero-order valence-electron chi connectivity index (χ0n) is 22.1. The number of fused-ring (bicyclic) bond motifs is 1. The van der Waals surface area contributed by atoms with Crippen molar-refractivity contribution in [2.24, 2.45) is 17.8 Å². The van der Waals surface area contributed by atoms with Gasteiger partial charge in [-0.15, -0.1) is 0 Å². The molecule has 0 spiro atoms. The standard InChI is InChI=1S/C27H36O15/c28-5-11-17(32)21(36)23(38)26(41-11)14-19(34)13-16(31)10(8-1-3-9(30)4-2-8)7-40-25(13)15(20(14)35)27-24(39)22(37)18(33)12(6-29)42-27/h1-4,7,11-15,17-30,32-39H,5-6H2. The van der Waals surface area contributed by atoms with E-state index < -0.39 is 116 Å². The van der Waals surface area contributed by atoms with Crippen LogP contribution >= 0.6 is 0 Å². The number of phenols is 1. The van der Waals surface area contributed by atoms with Crippen molar-refractivity contribution in [3.63, 3.8) is 0 Å². The Morgan fingerprint density at radius 2 is 1.10 bits per heavy atom. The molecule has 42 heavy (non-hydrogen) atoms. The maximum absolute atomic E-state index is 13.9. The summed E-state index contributed by atoms with van der Waals surface area (Å²) in [5, 5.41) is 116. The van der Waals surface area contributed by atoms with Gasteiger partial charge in [0, 0.05) is 5.92 Å². The minimum absolute atomic E-state index is 0.0215. The second-order valence-corrected chi connectivity index (χ2v) is 11.3. The molecule has 2 saturated heterocycles. The van der Waals surface area contributed by atoms with E-state index in [0.717, 1.165) is 6.26 Å². The van der Waals surface area contributed by atoms with Crippen molar-refractivity contribution in [1.29, 1.82) is 0 Å². The van der Waals surface area contributed by atoms with Gasteiger partial charge in [0.25, 0.3) is 0 Å². The number of ether oxygens (including phenoxy) is 3. The van der Waals surface area contributed by atoms with Gasteiger partial charge in [0.2, 0.25) is 0 Å². The summed E-state index contributed by atoms with van der Waals surface area (Å²) in [7, 11) is 0. The average molecular weight is 601 g/mol. The molecule has 0 amide bonds. The average Bonchev–Trinajstić information content (AvgIpc) is 2.97. The zero-order chi connectivity index (χ0) is 30.6. The number of hydrogen-bond donors (Lipinski definition) is 11. The fourth-order valence-corrected chi connectivity index (χ4v) is 6.71. The highest BCUT2D eigenvalue weighted by molar-refractivity contribution is 6.22. The van der Waals surface area contributed by atoms with Gasteiger partial charge in [0.1, 0.15) is 60.7 Å². The fraction of sp³-hybridized carbons (Fsp3) is 0.667. The molecule has 15 nitrogen and oxygen atoms in total. The van der Waals surface area contributed by atoms with Crippen LogP contribution in [-0.4, -0.2) is 155 Å². The minimum atomic E-state index is -1.92. The van der Waals surface area contributed by atoms with E-state index in [0.29, 0.717) is 5.56 Å². The minimum Gasteiger partial charge on any atom is -0.508 e. The van der Waals surface area contributed by atoms with E-state index in [1.54, 1.807) is 0 Å². The summed E-state index contributed by atoms with van der Waals surface area (Å²) in [4.78, 5) is 13.9. The number of ketones is 1. The maximum Gasteiger partial charge on any atom is 0.175 e. The smallest absolute Gasteiger partial charge is 0.175 e. The third-order valence-corrected chi connectivity index (χ3v) is 8.99. The third kappa shape index (κ3) is 5.02. The van der Waals surface area contributed by atoms with Gasteiger partial charge in [-0.25, -0.2) is 0 Å². The summed E-state index contributed by atoms with van der Waals surface area (Å²) in [5.74, 6) is -5.38. The highest BCUT2D eigenvalue weighted by atomic mass is 16.6. The molecular formula is C27H36O15. The summed E-state index contributed by atoms with van der Waals surface area (Å²) in [6, 6.07) is 5.50. The molecule has 0 aromatic heterocycles. The molecule has 1 aromatic rings. The molecular weight excluding hydrogens is 564 g/mol. The van der Waals surface area contributed by atoms with Crippen LogP contribution in [0, 0.1) is 17.8 Å². The van der Waals surface area contributed by atoms with E-state index in [2.05, 4.69) is 0 Å². The fourth-order valence-electron chi connectivity index (χ4n) is 6.71. The van der Waals surface area contributed by atoms with Crippen molar-refractivity contribution in [3.05, 3.63) is 36.1 Å². The van der Waals surface area contributed by atoms with Crippen molar-refractivity contribution in [2.45, 2.75) is 79.4 Å². The number of rotatable bonds is 5. The third-order valence-electron chi connectivity index (χ3n) is 8.99. The Hall–Kier alpha value is -2.25. The summed E-state index contributed by atoms with van der Waals surface area (Å²) in [5.41, 5.74) is 0.287. The molecule has 5 rings (SSSR count). The molecule has 11 N–H and O–H groups in total. The van der Waals surface area contributed by atoms with Gasteiger partial charge >= 0.3 is 0 Å². The Morgan fingerprint density at radius 1 is 0.595 bits per heavy atom. The first kappa shape index (κ1) is 31.2. The van der Waals surface area contributed by atoms with Gasteiger partial charge in [0.15, 0.2) is 5.78 Å². The van der Waals surface area contributed by atoms with Crippen molar-refractivity contribution < 1.29 is 75.2 Å². The second kappa shape index (κ2) is 12.0. The quantitative estimate of drug-likeness (QED) is 0.151. The summed E-state index contributed by atoms with van der Waals surface area (Å²) >= 11 is 0. The largest absolute Gasteiger partial charge is 0.508 e. The van der Waals surface area contributed by atoms with Gasteiger partial charge in [-0.3, -0.25) is 4.79 Å². The molecule has 1 aliphatic carbocycles. The lowest BCUT2D eigenvalue weighted by Crippen LogP contribution is -2.72. The number of phenolic OH excluding ortho intramolecular Hbond substituents is 1. The molecule has 16 atom stereocenters. The lowest BCUT2D eigenvalue weighted by Gasteiger charge is -2.55. The van der Waals surface area contributed by atoms with E-state index in [-0.39, 0.29) is 11.3 Å². The van der Waals surface area contributed by atoms with Crippen LogP contribution in [0.25, 0.3) is 5.57 Å². The van der Waals surface area contributed by atoms with E-state index >= 15 is 0 Å². The number of benzene rings is 1. The van der Waals surface area contributed by atoms with Crippen LogP contribution in [0.2, 0.25) is 0 Å². The number of Topliss-reactive ketones (excluding diaryl/α,β-unsaturated/α-hetero) is 1. The van der Waals surface area contributed by atoms with E-state index in [9.17, 15) is 61.0 Å². The van der Waals surface area contributed by atoms with Crippen molar-refractivity contribution in [3.8, 4) is 5.75 Å². The molecule has 1 saturated carbocycles. The van der Waals surface area contributed by atoms with E-state index in [1.165, 1.54) is 24.3 Å². The van der Waals surface area contributed by atoms with Gasteiger partial charge in [-0.2, -0.15) is 0 Å². The normalized spacial score (nSPS) is 47.8. The Kier molecular flexibility index (Phi) is 8.93. The Labute approximate surface area is 239 Å². The highest BCUT2D eigenvalue weighted by Gasteiger charge is 2.64. The Balaban J connectivity index is 1.59. The van der Waals surface area contributed by atoms with Crippen LogP contribution in [0.4, 0.5) is 0 Å². The van der Waals surface area contributed by atoms with Gasteiger partial charge in [-0.05, 0) is 17.7 Å². The van der Waals surface area contributed by atoms with Crippen LogP contribution in [0.3, 0.4) is 0 Å². The molecule has 4 aliphatic rings. The van der Waals surface area contributed by atoms with Crippen molar-refractivity contribution >= 4 is 11.4 Å². The summed E-state index contributed by atoms with van der Waals surface area (Å²) in [6.07, 6.45) is -21.1. The molecule has 234 valence electrons. The molecule has 0 radical (unpaired) electrons. The molecule has 3 fully saturated rings. The molecule has 15 heteroatoms. The Morgan fingerprint density at radius 3 is 1.60 bits per heavy atom. The second-order valence-electron chi connectivity index (χ2n) is 11.3. The van der Waals surface area contributed by atoms with E-state index in [4.69, 9.17) is 14.2 Å². The number of carbonyl (C=O) groups is 1. The first-order chi connectivity index (χ1) is 19.9. The first-order valence-electron chi connectivity index (χ1n) is 13.6. The van der Waals surface area contributed by atoms with Gasteiger partial charge in [-0.1, -0.05) is 12.1 Å². The monoisotopic (exact) mass is 600 g/mol. The van der Waals surface area contributed by atoms with Crippen molar-refractivity contribution in [2.75, 3.05) is 13.2 Å². The predicted molar refractivity (Wildman–Crippen MR) is 136 cm³/mol. The predicted octanol–water partition coefficient (Wildman–Crippen LogP) is -5.03. The number of allylic oxidation sites excluding steroid dienone is 1. The number of aromatic hydroxyl groups is 1. The topological polar surface area (TPSA) is 267 Å². The van der Waals surface area contributed by atoms with Gasteiger partial charge in [0.05, 0.1) is 61.3 Å². The zero-order valence-corrected chi connectivity index (χ0v) is 22.1. The lowest BCUT2D eigenvalue weighted by atomic mass is 9.61. The van der Waals surface area contributed by atoms with Crippen LogP contribution in [0.5, 0.6) is 5.75 Å². The molecule has 0 bridgehead atoms. The highest BCUT2D eigenvalue weighted by Crippen LogP contribution is 2.48. The van der Waals surface area contributed by atoms with E-state index in [1.807, 2.05) is 0 Å². The molecule has 3 heterocycles. The SMILES string of the molecule is O=C1C(c2ccc(O)cc2)=COC2C1C(O)C(C1OC(CO)C(O)C(O)C1O)C(O)C2C1OC(CO)C(O)C(O)C1O. The van der Waals surface area contributed by atoms with Crippen LogP contribution < -0.4 is 0 Å². The van der Waals surface area contributed by atoms with Gasteiger partial charge < -0.3 is 70.4 Å². The number of aliphatic hydroxyl groups is 10. The Bertz CT molecular complexity index is 1140. The number of aliphatic hydroxyl groups excluding tert-OH is 10. The summed E-state index contributed by atoms with van der Waals surface area (Å²) < 4.78 is 17.2. The van der Waals surface area contributed by atoms with Crippen LogP contribution in [0.15, 0.2) is 30.5 Å². The van der Waals surface area contributed by atoms with Crippen LogP contribution in [-0.2, 0) is 19.0 Å². The molecule has 1 aromatic carbocycles. The van der Waals surface area contributed by atoms with Crippen molar-refractivity contribution in [1.82, 2.24) is 0 Å². The molecule has 3 aliphatic heterocycles. The lowest BCUT2D eigenvalue weighted by molar-refractivity contribution is -0.297. The summed E-state index contributed by atoms with van der Waals surface area (Å²) in [6.45, 7) is -1.60. The molecule has 16 unspecified atom stereocenters. The van der Waals surface area contributed by atoms with Crippen LogP contribution in [0.1, 0.15) is 5.56 Å². The number of hydrogen-bond acceptors (Lipinski definition) is 15. The first-order valence-corrected chi connectivity index (χ1v) is 13.6. The number of carbonyl (C=O) groups excluding carboxylic acids is 1.